The third-order valence-electron chi connectivity index (χ3n) is 4.38. The molecule has 1 aliphatic rings. The first-order valence-corrected chi connectivity index (χ1v) is 10.3. The van der Waals surface area contributed by atoms with Gasteiger partial charge in [0.1, 0.15) is 0 Å². The number of aromatic nitrogens is 1. The van der Waals surface area contributed by atoms with Crippen molar-refractivity contribution in [2.75, 3.05) is 23.4 Å². The summed E-state index contributed by atoms with van der Waals surface area (Å²) in [7, 11) is 0. The van der Waals surface area contributed by atoms with E-state index in [1.165, 1.54) is 18.5 Å². The van der Waals surface area contributed by atoms with E-state index in [1.54, 1.807) is 11.3 Å². The highest BCUT2D eigenvalue weighted by molar-refractivity contribution is 9.10. The predicted molar refractivity (Wildman–Crippen MR) is 114 cm³/mol. The topological polar surface area (TPSA) is 40.5 Å². The Morgan fingerprint density at radius 1 is 1.12 bits per heavy atom. The Kier molecular flexibility index (Phi) is 5.32. The zero-order chi connectivity index (χ0) is 17.8. The van der Waals surface area contributed by atoms with Crippen molar-refractivity contribution in [3.05, 3.63) is 63.9 Å². The quantitative estimate of drug-likeness (QED) is 0.425. The van der Waals surface area contributed by atoms with Gasteiger partial charge in [-0.2, -0.15) is 5.10 Å². The van der Waals surface area contributed by atoms with E-state index in [9.17, 15) is 0 Å². The molecule has 4 rings (SSSR count). The number of rotatable bonds is 5. The molecule has 0 unspecified atom stereocenters. The fourth-order valence-electron chi connectivity index (χ4n) is 3.08. The maximum Gasteiger partial charge on any atom is 0.203 e. The maximum absolute atomic E-state index is 4.60. The first-order valence-electron chi connectivity index (χ1n) is 8.64. The maximum atomic E-state index is 4.60. The zero-order valence-electron chi connectivity index (χ0n) is 14.2. The predicted octanol–water partition coefficient (Wildman–Crippen LogP) is 5.62. The number of halogens is 1. The van der Waals surface area contributed by atoms with Gasteiger partial charge < -0.3 is 4.90 Å². The second-order valence-corrected chi connectivity index (χ2v) is 7.94. The molecule has 2 heterocycles. The van der Waals surface area contributed by atoms with Gasteiger partial charge in [0, 0.05) is 39.8 Å². The van der Waals surface area contributed by atoms with Crippen molar-refractivity contribution in [3.63, 3.8) is 0 Å². The Morgan fingerprint density at radius 2 is 1.92 bits per heavy atom. The summed E-state index contributed by atoms with van der Waals surface area (Å²) >= 11 is 5.14. The third-order valence-corrected chi connectivity index (χ3v) is 5.62. The van der Waals surface area contributed by atoms with Crippen molar-refractivity contribution in [2.45, 2.75) is 12.8 Å². The van der Waals surface area contributed by atoms with Crippen LogP contribution in [0, 0.1) is 0 Å². The lowest BCUT2D eigenvalue weighted by Gasteiger charge is -2.20. The molecule has 0 radical (unpaired) electrons. The molecule has 0 bridgehead atoms. The van der Waals surface area contributed by atoms with Crippen LogP contribution in [0.2, 0.25) is 0 Å². The smallest absolute Gasteiger partial charge is 0.203 e. The van der Waals surface area contributed by atoms with E-state index in [1.807, 2.05) is 29.8 Å². The highest BCUT2D eigenvalue weighted by atomic mass is 79.9. The van der Waals surface area contributed by atoms with Crippen LogP contribution >= 0.6 is 27.3 Å². The van der Waals surface area contributed by atoms with Crippen LogP contribution < -0.4 is 10.3 Å². The number of hydrogen-bond acceptors (Lipinski definition) is 5. The molecule has 1 aliphatic heterocycles. The van der Waals surface area contributed by atoms with Crippen molar-refractivity contribution in [1.29, 1.82) is 0 Å². The van der Waals surface area contributed by atoms with Gasteiger partial charge >= 0.3 is 0 Å². The molecular formula is C20H19BrN4S. The van der Waals surface area contributed by atoms with Gasteiger partial charge in [0.2, 0.25) is 5.13 Å². The van der Waals surface area contributed by atoms with Gasteiger partial charge in [-0.25, -0.2) is 4.98 Å². The number of thiazole rings is 1. The highest BCUT2D eigenvalue weighted by Crippen LogP contribution is 2.28. The second kappa shape index (κ2) is 8.01. The molecule has 0 atom stereocenters. The molecule has 4 nitrogen and oxygen atoms in total. The van der Waals surface area contributed by atoms with Crippen LogP contribution in [0.3, 0.4) is 0 Å². The molecule has 6 heteroatoms. The van der Waals surface area contributed by atoms with Gasteiger partial charge in [-0.3, -0.25) is 5.43 Å². The van der Waals surface area contributed by atoms with E-state index in [-0.39, 0.29) is 0 Å². The number of hydrogen-bond donors (Lipinski definition) is 1. The zero-order valence-corrected chi connectivity index (χ0v) is 16.6. The summed E-state index contributed by atoms with van der Waals surface area (Å²) in [6, 6.07) is 16.5. The lowest BCUT2D eigenvalue weighted by Crippen LogP contribution is -2.19. The third kappa shape index (κ3) is 3.97. The van der Waals surface area contributed by atoms with Crippen LogP contribution in [0.5, 0.6) is 0 Å². The Morgan fingerprint density at radius 3 is 2.73 bits per heavy atom. The van der Waals surface area contributed by atoms with Gasteiger partial charge in [0.25, 0.3) is 0 Å². The van der Waals surface area contributed by atoms with Crippen molar-refractivity contribution in [2.24, 2.45) is 5.10 Å². The normalized spacial score (nSPS) is 14.3. The highest BCUT2D eigenvalue weighted by Gasteiger charge is 2.15. The van der Waals surface area contributed by atoms with Crippen LogP contribution in [-0.2, 0) is 0 Å². The minimum absolute atomic E-state index is 0.792. The summed E-state index contributed by atoms with van der Waals surface area (Å²) in [5.74, 6) is 0. The summed E-state index contributed by atoms with van der Waals surface area (Å²) in [6.07, 6.45) is 4.38. The minimum atomic E-state index is 0.792. The van der Waals surface area contributed by atoms with Crippen LogP contribution in [0.15, 0.2) is 63.5 Å². The van der Waals surface area contributed by atoms with E-state index in [4.69, 9.17) is 0 Å². The van der Waals surface area contributed by atoms with Crippen LogP contribution in [0.4, 0.5) is 10.8 Å². The molecule has 0 amide bonds. The minimum Gasteiger partial charge on any atom is -0.371 e. The molecule has 26 heavy (non-hydrogen) atoms. The Labute approximate surface area is 165 Å². The molecule has 1 fully saturated rings. The van der Waals surface area contributed by atoms with Crippen LogP contribution in [0.25, 0.3) is 11.3 Å². The fourth-order valence-corrected chi connectivity index (χ4v) is 4.10. The van der Waals surface area contributed by atoms with Gasteiger partial charge in [-0.15, -0.1) is 11.3 Å². The van der Waals surface area contributed by atoms with E-state index in [0.717, 1.165) is 39.5 Å². The average Bonchev–Trinajstić information content (AvgIpc) is 3.36. The molecular weight excluding hydrogens is 408 g/mol. The van der Waals surface area contributed by atoms with Crippen molar-refractivity contribution in [1.82, 2.24) is 4.98 Å². The van der Waals surface area contributed by atoms with Crippen molar-refractivity contribution >= 4 is 44.3 Å². The molecule has 1 N–H and O–H groups in total. The first-order chi connectivity index (χ1) is 12.8. The summed E-state index contributed by atoms with van der Waals surface area (Å²) in [5, 5.41) is 7.25. The fraction of sp³-hybridized carbons (Fsp3) is 0.200. The average molecular weight is 427 g/mol. The van der Waals surface area contributed by atoms with E-state index in [2.05, 4.69) is 66.7 Å². The number of nitrogens with zero attached hydrogens (tertiary/aromatic N) is 3. The lowest BCUT2D eigenvalue weighted by atomic mass is 10.2. The lowest BCUT2D eigenvalue weighted by molar-refractivity contribution is 0.949. The van der Waals surface area contributed by atoms with Crippen LogP contribution in [0.1, 0.15) is 18.4 Å². The van der Waals surface area contributed by atoms with E-state index in [0.29, 0.717) is 0 Å². The SMILES string of the molecule is Brc1ccc(C=NNc2nc(-c3ccccc3)cs2)c(N2CCCC2)c1. The van der Waals surface area contributed by atoms with E-state index >= 15 is 0 Å². The van der Waals surface area contributed by atoms with E-state index < -0.39 is 0 Å². The molecule has 1 saturated heterocycles. The standard InChI is InChI=1S/C20H19BrN4S/c21-17-9-8-16(19(12-17)25-10-4-5-11-25)13-22-24-20-23-18(14-26-20)15-6-2-1-3-7-15/h1-3,6-9,12-14H,4-5,10-11H2,(H,23,24). The van der Waals surface area contributed by atoms with Crippen molar-refractivity contribution < 1.29 is 0 Å². The Hall–Kier alpha value is -2.18. The summed E-state index contributed by atoms with van der Waals surface area (Å²) < 4.78 is 1.09. The Bertz CT molecular complexity index is 901. The Balaban J connectivity index is 1.48. The largest absolute Gasteiger partial charge is 0.371 e. The summed E-state index contributed by atoms with van der Waals surface area (Å²) in [4.78, 5) is 7.02. The molecule has 132 valence electrons. The van der Waals surface area contributed by atoms with Gasteiger partial charge in [0.05, 0.1) is 11.9 Å². The number of nitrogens with one attached hydrogen (secondary N) is 1. The molecule has 0 aliphatic carbocycles. The number of anilines is 2. The van der Waals surface area contributed by atoms with Gasteiger partial charge in [-0.1, -0.05) is 52.3 Å². The molecule has 0 saturated carbocycles. The number of benzene rings is 2. The monoisotopic (exact) mass is 426 g/mol. The molecule has 2 aromatic carbocycles. The molecule has 3 aromatic rings. The second-order valence-electron chi connectivity index (χ2n) is 6.17. The van der Waals surface area contributed by atoms with Crippen molar-refractivity contribution in [3.8, 4) is 11.3 Å². The van der Waals surface area contributed by atoms with Gasteiger partial charge in [-0.05, 0) is 25.0 Å². The summed E-state index contributed by atoms with van der Waals surface area (Å²) in [5.41, 5.74) is 7.49. The van der Waals surface area contributed by atoms with Crippen LogP contribution in [-0.4, -0.2) is 24.3 Å². The van der Waals surface area contributed by atoms with Gasteiger partial charge in [0.15, 0.2) is 0 Å². The molecule has 1 aromatic heterocycles. The number of hydrazone groups is 1. The first kappa shape index (κ1) is 17.2. The summed E-state index contributed by atoms with van der Waals surface area (Å²) in [6.45, 7) is 2.22. The molecule has 0 spiro atoms.